The standard InChI is InChI=1S/C19H23N5O/c1-15-20-8-12-22(15)11-7-17-4-2-3-10-24(17)19(25)16-5-6-18-21-9-13-23(18)14-16/h5-6,8-9,12-14,17H,2-4,7,10-11H2,1H3/t17-/m0/s1. The van der Waals surface area contributed by atoms with Gasteiger partial charge in [-0.05, 0) is 44.7 Å². The summed E-state index contributed by atoms with van der Waals surface area (Å²) in [5, 5.41) is 0. The second-order valence-electron chi connectivity index (χ2n) is 6.72. The molecule has 0 N–H and O–H groups in total. The first-order valence-electron chi connectivity index (χ1n) is 8.94. The molecule has 0 aromatic carbocycles. The van der Waals surface area contributed by atoms with Gasteiger partial charge >= 0.3 is 0 Å². The number of hydrogen-bond donors (Lipinski definition) is 0. The Labute approximate surface area is 147 Å². The highest BCUT2D eigenvalue weighted by atomic mass is 16.2. The van der Waals surface area contributed by atoms with Crippen LogP contribution in [-0.2, 0) is 6.54 Å². The molecule has 0 bridgehead atoms. The van der Waals surface area contributed by atoms with Gasteiger partial charge in [0.25, 0.3) is 5.91 Å². The molecule has 1 amide bonds. The quantitative estimate of drug-likeness (QED) is 0.735. The number of nitrogens with zero attached hydrogens (tertiary/aromatic N) is 5. The van der Waals surface area contributed by atoms with Gasteiger partial charge in [-0.2, -0.15) is 0 Å². The van der Waals surface area contributed by atoms with E-state index in [1.54, 1.807) is 6.20 Å². The van der Waals surface area contributed by atoms with Gasteiger partial charge in [-0.25, -0.2) is 9.97 Å². The molecule has 0 unspecified atom stereocenters. The second kappa shape index (κ2) is 6.70. The summed E-state index contributed by atoms with van der Waals surface area (Å²) in [6, 6.07) is 4.08. The van der Waals surface area contributed by atoms with E-state index in [9.17, 15) is 4.79 Å². The molecule has 1 fully saturated rings. The van der Waals surface area contributed by atoms with Crippen LogP contribution in [0.5, 0.6) is 0 Å². The van der Waals surface area contributed by atoms with E-state index in [2.05, 4.69) is 19.4 Å². The van der Waals surface area contributed by atoms with Crippen LogP contribution < -0.4 is 0 Å². The van der Waals surface area contributed by atoms with Crippen LogP contribution in [0.25, 0.3) is 5.65 Å². The van der Waals surface area contributed by atoms with Gasteiger partial charge in [-0.3, -0.25) is 4.79 Å². The molecule has 0 spiro atoms. The average Bonchev–Trinajstić information content (AvgIpc) is 3.27. The SMILES string of the molecule is Cc1nccn1CC[C@@H]1CCCCN1C(=O)c1ccc2nccn2c1. The Balaban J connectivity index is 1.51. The molecule has 6 nitrogen and oxygen atoms in total. The summed E-state index contributed by atoms with van der Waals surface area (Å²) in [6.07, 6.45) is 13.7. The summed E-state index contributed by atoms with van der Waals surface area (Å²) < 4.78 is 4.07. The molecule has 1 atom stereocenters. The normalized spacial score (nSPS) is 18.0. The third-order valence-electron chi connectivity index (χ3n) is 5.15. The third-order valence-corrected chi connectivity index (χ3v) is 5.15. The number of imidazole rings is 2. The van der Waals surface area contributed by atoms with Crippen molar-refractivity contribution in [2.24, 2.45) is 0 Å². The van der Waals surface area contributed by atoms with Crippen LogP contribution in [0.4, 0.5) is 0 Å². The molecule has 0 saturated carbocycles. The molecule has 130 valence electrons. The summed E-state index contributed by atoms with van der Waals surface area (Å²) in [6.45, 7) is 3.76. The van der Waals surface area contributed by atoms with Gasteiger partial charge in [-0.15, -0.1) is 0 Å². The number of likely N-dealkylation sites (tertiary alicyclic amines) is 1. The Morgan fingerprint density at radius 3 is 2.92 bits per heavy atom. The summed E-state index contributed by atoms with van der Waals surface area (Å²) in [7, 11) is 0. The van der Waals surface area contributed by atoms with Gasteiger partial charge in [-0.1, -0.05) is 0 Å². The van der Waals surface area contributed by atoms with Crippen LogP contribution in [0.15, 0.2) is 43.1 Å². The van der Waals surface area contributed by atoms with Gasteiger partial charge < -0.3 is 13.9 Å². The van der Waals surface area contributed by atoms with Gasteiger partial charge in [0.05, 0.1) is 5.56 Å². The third kappa shape index (κ3) is 3.16. The number of fused-ring (bicyclic) bond motifs is 1. The number of amides is 1. The maximum absolute atomic E-state index is 13.1. The number of rotatable bonds is 4. The fraction of sp³-hybridized carbons (Fsp3) is 0.421. The molecule has 3 aromatic heterocycles. The van der Waals surface area contributed by atoms with Crippen LogP contribution in [0, 0.1) is 6.92 Å². The summed E-state index contributed by atoms with van der Waals surface area (Å²) in [5.41, 5.74) is 1.60. The lowest BCUT2D eigenvalue weighted by Crippen LogP contribution is -2.44. The first kappa shape index (κ1) is 15.9. The van der Waals surface area contributed by atoms with Crippen molar-refractivity contribution < 1.29 is 4.79 Å². The lowest BCUT2D eigenvalue weighted by Gasteiger charge is -2.36. The van der Waals surface area contributed by atoms with Gasteiger partial charge in [0.15, 0.2) is 0 Å². The molecular formula is C19H23N5O. The Kier molecular flexibility index (Phi) is 4.26. The van der Waals surface area contributed by atoms with Gasteiger partial charge in [0.1, 0.15) is 11.5 Å². The number of aryl methyl sites for hydroxylation is 2. The Hall–Kier alpha value is -2.63. The number of hydrogen-bond acceptors (Lipinski definition) is 3. The van der Waals surface area contributed by atoms with Crippen LogP contribution in [0.3, 0.4) is 0 Å². The predicted octanol–water partition coefficient (Wildman–Crippen LogP) is 2.92. The molecule has 4 rings (SSSR count). The van der Waals surface area contributed by atoms with E-state index in [1.165, 1.54) is 6.42 Å². The molecular weight excluding hydrogens is 314 g/mol. The van der Waals surface area contributed by atoms with E-state index in [0.717, 1.165) is 49.4 Å². The highest BCUT2D eigenvalue weighted by Gasteiger charge is 2.27. The highest BCUT2D eigenvalue weighted by molar-refractivity contribution is 5.94. The van der Waals surface area contributed by atoms with E-state index in [4.69, 9.17) is 0 Å². The monoisotopic (exact) mass is 337 g/mol. The zero-order chi connectivity index (χ0) is 17.2. The van der Waals surface area contributed by atoms with E-state index in [-0.39, 0.29) is 5.91 Å². The average molecular weight is 337 g/mol. The molecule has 1 aliphatic heterocycles. The minimum atomic E-state index is 0.127. The smallest absolute Gasteiger partial charge is 0.255 e. The molecule has 1 saturated heterocycles. The maximum Gasteiger partial charge on any atom is 0.255 e. The number of carbonyl (C=O) groups excluding carboxylic acids is 1. The molecule has 25 heavy (non-hydrogen) atoms. The van der Waals surface area contributed by atoms with Crippen molar-refractivity contribution in [2.45, 2.75) is 45.2 Å². The number of piperidine rings is 1. The zero-order valence-corrected chi connectivity index (χ0v) is 14.5. The zero-order valence-electron chi connectivity index (χ0n) is 14.5. The Morgan fingerprint density at radius 1 is 1.20 bits per heavy atom. The van der Waals surface area contributed by atoms with E-state index >= 15 is 0 Å². The van der Waals surface area contributed by atoms with Crippen LogP contribution in [0.2, 0.25) is 0 Å². The summed E-state index contributed by atoms with van der Waals surface area (Å²) in [4.78, 5) is 23.7. The van der Waals surface area contributed by atoms with Crippen LogP contribution in [-0.4, -0.2) is 42.3 Å². The minimum Gasteiger partial charge on any atom is -0.336 e. The number of pyridine rings is 1. The van der Waals surface area contributed by atoms with Gasteiger partial charge in [0, 0.05) is 50.1 Å². The largest absolute Gasteiger partial charge is 0.336 e. The number of aromatic nitrogens is 4. The molecule has 4 heterocycles. The van der Waals surface area contributed by atoms with E-state index in [0.29, 0.717) is 6.04 Å². The maximum atomic E-state index is 13.1. The minimum absolute atomic E-state index is 0.127. The van der Waals surface area contributed by atoms with Crippen molar-refractivity contribution in [3.8, 4) is 0 Å². The molecule has 6 heteroatoms. The van der Waals surface area contributed by atoms with Gasteiger partial charge in [0.2, 0.25) is 0 Å². The van der Waals surface area contributed by atoms with Crippen LogP contribution in [0.1, 0.15) is 41.9 Å². The molecule has 1 aliphatic rings. The lowest BCUT2D eigenvalue weighted by molar-refractivity contribution is 0.0594. The second-order valence-corrected chi connectivity index (χ2v) is 6.72. The lowest BCUT2D eigenvalue weighted by atomic mass is 9.98. The van der Waals surface area contributed by atoms with Crippen molar-refractivity contribution in [1.29, 1.82) is 0 Å². The first-order valence-corrected chi connectivity index (χ1v) is 8.94. The predicted molar refractivity (Wildman–Crippen MR) is 95.4 cm³/mol. The van der Waals surface area contributed by atoms with Crippen molar-refractivity contribution in [3.05, 3.63) is 54.5 Å². The Bertz CT molecular complexity index is 881. The number of carbonyl (C=O) groups is 1. The molecule has 0 radical (unpaired) electrons. The van der Waals surface area contributed by atoms with Crippen molar-refractivity contribution in [2.75, 3.05) is 6.54 Å². The first-order chi connectivity index (χ1) is 12.2. The van der Waals surface area contributed by atoms with Crippen molar-refractivity contribution >= 4 is 11.6 Å². The van der Waals surface area contributed by atoms with Crippen molar-refractivity contribution in [1.82, 2.24) is 23.8 Å². The van der Waals surface area contributed by atoms with E-state index in [1.807, 2.05) is 48.2 Å². The molecule has 3 aromatic rings. The summed E-state index contributed by atoms with van der Waals surface area (Å²) >= 11 is 0. The fourth-order valence-electron chi connectivity index (χ4n) is 3.71. The molecule has 0 aliphatic carbocycles. The van der Waals surface area contributed by atoms with Crippen LogP contribution >= 0.6 is 0 Å². The fourth-order valence-corrected chi connectivity index (χ4v) is 3.71. The topological polar surface area (TPSA) is 55.4 Å². The Morgan fingerprint density at radius 2 is 2.08 bits per heavy atom. The van der Waals surface area contributed by atoms with E-state index < -0.39 is 0 Å². The highest BCUT2D eigenvalue weighted by Crippen LogP contribution is 2.23. The summed E-state index contributed by atoms with van der Waals surface area (Å²) in [5.74, 6) is 1.15. The van der Waals surface area contributed by atoms with Crippen molar-refractivity contribution in [3.63, 3.8) is 0 Å².